The van der Waals surface area contributed by atoms with Crippen LogP contribution in [0, 0.1) is 0 Å². The lowest BCUT2D eigenvalue weighted by Crippen LogP contribution is -2.44. The van der Waals surface area contributed by atoms with Gasteiger partial charge in [0.2, 0.25) is 0 Å². The molecule has 0 bridgehead atoms. The zero-order valence-electron chi connectivity index (χ0n) is 14.6. The highest BCUT2D eigenvalue weighted by molar-refractivity contribution is 7.99. The second-order valence-electron chi connectivity index (χ2n) is 6.17. The number of fused-ring (bicyclic) bond motifs is 3. The summed E-state index contributed by atoms with van der Waals surface area (Å²) in [5.74, 6) is -1.26. The topological polar surface area (TPSA) is 102 Å². The minimum atomic E-state index is -0.906. The molecule has 3 aliphatic heterocycles. The Balaban J connectivity index is 1.62. The van der Waals surface area contributed by atoms with E-state index in [0.717, 1.165) is 5.56 Å². The van der Waals surface area contributed by atoms with E-state index in [1.165, 1.54) is 30.9 Å². The molecule has 2 fully saturated rings. The standard InChI is InChI=1S/C17H16N2O7S/c1-24-10-4-3-8-13(14(10)25-2)15(22)18-9(7-27-16(8)18)17(23)26-19-11(20)5-6-12(19)21/h3-4,9,16H,5-7H2,1-2H3. The number of hydrogen-bond donors (Lipinski definition) is 0. The van der Waals surface area contributed by atoms with Gasteiger partial charge in [-0.2, -0.15) is 0 Å². The quantitative estimate of drug-likeness (QED) is 0.696. The van der Waals surface area contributed by atoms with Crippen LogP contribution in [0.4, 0.5) is 0 Å². The molecule has 4 rings (SSSR count). The summed E-state index contributed by atoms with van der Waals surface area (Å²) in [7, 11) is 2.92. The Morgan fingerprint density at radius 2 is 1.81 bits per heavy atom. The van der Waals surface area contributed by atoms with Crippen molar-refractivity contribution < 1.29 is 33.5 Å². The Kier molecular flexibility index (Phi) is 4.22. The molecule has 2 atom stereocenters. The molecule has 3 aliphatic rings. The fourth-order valence-electron chi connectivity index (χ4n) is 3.48. The fraction of sp³-hybridized carbons (Fsp3) is 0.412. The number of imide groups is 1. The molecule has 2 unspecified atom stereocenters. The lowest BCUT2D eigenvalue weighted by atomic mass is 10.1. The van der Waals surface area contributed by atoms with Gasteiger partial charge in [-0.1, -0.05) is 6.07 Å². The molecule has 10 heteroatoms. The normalized spacial score (nSPS) is 23.6. The van der Waals surface area contributed by atoms with Crippen molar-refractivity contribution in [1.29, 1.82) is 0 Å². The van der Waals surface area contributed by atoms with Crippen LogP contribution in [0.2, 0.25) is 0 Å². The van der Waals surface area contributed by atoms with Gasteiger partial charge >= 0.3 is 5.97 Å². The number of hydrogen-bond acceptors (Lipinski definition) is 8. The van der Waals surface area contributed by atoms with E-state index in [0.29, 0.717) is 27.9 Å². The van der Waals surface area contributed by atoms with Crippen LogP contribution in [-0.2, 0) is 19.2 Å². The Morgan fingerprint density at radius 3 is 2.44 bits per heavy atom. The first-order chi connectivity index (χ1) is 13.0. The lowest BCUT2D eigenvalue weighted by Gasteiger charge is -2.23. The minimum absolute atomic E-state index is 0.0131. The maximum atomic E-state index is 13.0. The summed E-state index contributed by atoms with van der Waals surface area (Å²) in [6, 6.07) is 2.58. The number of methoxy groups -OCH3 is 2. The highest BCUT2D eigenvalue weighted by Crippen LogP contribution is 2.52. The molecule has 0 aliphatic carbocycles. The maximum absolute atomic E-state index is 13.0. The molecular formula is C17H16N2O7S. The predicted molar refractivity (Wildman–Crippen MR) is 91.9 cm³/mol. The van der Waals surface area contributed by atoms with Gasteiger partial charge in [0.15, 0.2) is 11.5 Å². The van der Waals surface area contributed by atoms with Gasteiger partial charge in [-0.05, 0) is 6.07 Å². The molecule has 9 nitrogen and oxygen atoms in total. The van der Waals surface area contributed by atoms with E-state index >= 15 is 0 Å². The van der Waals surface area contributed by atoms with Crippen LogP contribution in [0.3, 0.4) is 0 Å². The van der Waals surface area contributed by atoms with E-state index in [2.05, 4.69) is 0 Å². The molecular weight excluding hydrogens is 376 g/mol. The third-order valence-corrected chi connectivity index (χ3v) is 6.06. The average Bonchev–Trinajstić information content (AvgIpc) is 3.32. The van der Waals surface area contributed by atoms with Crippen molar-refractivity contribution in [2.24, 2.45) is 0 Å². The molecule has 27 heavy (non-hydrogen) atoms. The Labute approximate surface area is 158 Å². The van der Waals surface area contributed by atoms with Crippen LogP contribution in [-0.4, -0.2) is 59.7 Å². The number of benzene rings is 1. The Hall–Kier alpha value is -2.75. The van der Waals surface area contributed by atoms with E-state index in [9.17, 15) is 19.2 Å². The first-order valence-corrected chi connectivity index (χ1v) is 9.29. The molecule has 142 valence electrons. The summed E-state index contributed by atoms with van der Waals surface area (Å²) < 4.78 is 10.6. The van der Waals surface area contributed by atoms with Gasteiger partial charge in [0.25, 0.3) is 17.7 Å². The minimum Gasteiger partial charge on any atom is -0.493 e. The summed E-state index contributed by atoms with van der Waals surface area (Å²) in [5, 5.41) is 0.132. The summed E-state index contributed by atoms with van der Waals surface area (Å²) in [5.41, 5.74) is 1.08. The summed E-state index contributed by atoms with van der Waals surface area (Å²) >= 11 is 1.41. The number of amides is 3. The zero-order valence-corrected chi connectivity index (χ0v) is 15.4. The number of nitrogens with zero attached hydrogens (tertiary/aromatic N) is 2. The van der Waals surface area contributed by atoms with Crippen molar-refractivity contribution in [1.82, 2.24) is 9.96 Å². The molecule has 0 aromatic heterocycles. The van der Waals surface area contributed by atoms with Crippen LogP contribution in [0.15, 0.2) is 12.1 Å². The first kappa shape index (κ1) is 17.7. The van der Waals surface area contributed by atoms with Crippen molar-refractivity contribution in [2.45, 2.75) is 24.3 Å². The van der Waals surface area contributed by atoms with Gasteiger partial charge in [0.1, 0.15) is 11.4 Å². The van der Waals surface area contributed by atoms with E-state index in [-0.39, 0.29) is 24.1 Å². The summed E-state index contributed by atoms with van der Waals surface area (Å²) in [6.07, 6.45) is 0.0263. The van der Waals surface area contributed by atoms with Crippen molar-refractivity contribution in [2.75, 3.05) is 20.0 Å². The number of hydroxylamine groups is 2. The highest BCUT2D eigenvalue weighted by Gasteiger charge is 2.51. The Bertz CT molecular complexity index is 855. The van der Waals surface area contributed by atoms with Gasteiger partial charge < -0.3 is 19.2 Å². The number of carbonyl (C=O) groups excluding carboxylic acids is 4. The van der Waals surface area contributed by atoms with Crippen LogP contribution < -0.4 is 9.47 Å². The highest BCUT2D eigenvalue weighted by atomic mass is 32.2. The third-order valence-electron chi connectivity index (χ3n) is 4.75. The van der Waals surface area contributed by atoms with Crippen molar-refractivity contribution in [3.63, 3.8) is 0 Å². The predicted octanol–water partition coefficient (Wildman–Crippen LogP) is 0.881. The van der Waals surface area contributed by atoms with Gasteiger partial charge in [0, 0.05) is 24.2 Å². The van der Waals surface area contributed by atoms with Crippen LogP contribution in [0.1, 0.15) is 34.1 Å². The molecule has 1 aromatic carbocycles. The average molecular weight is 392 g/mol. The fourth-order valence-corrected chi connectivity index (χ4v) is 4.92. The monoisotopic (exact) mass is 392 g/mol. The molecule has 3 amide bonds. The second-order valence-corrected chi connectivity index (χ2v) is 7.28. The van der Waals surface area contributed by atoms with E-state index in [1.54, 1.807) is 12.1 Å². The van der Waals surface area contributed by atoms with Crippen LogP contribution in [0.25, 0.3) is 0 Å². The molecule has 0 N–H and O–H groups in total. The molecule has 3 heterocycles. The Morgan fingerprint density at radius 1 is 1.11 bits per heavy atom. The van der Waals surface area contributed by atoms with E-state index < -0.39 is 23.8 Å². The van der Waals surface area contributed by atoms with E-state index in [4.69, 9.17) is 14.3 Å². The zero-order chi connectivity index (χ0) is 19.3. The smallest absolute Gasteiger partial charge is 0.356 e. The molecule has 0 spiro atoms. The number of rotatable bonds is 4. The SMILES string of the molecule is COc1ccc2c(c1OC)C(=O)N1C(C(=O)ON3C(=O)CCC3=O)CSC21. The number of carbonyl (C=O) groups is 4. The van der Waals surface area contributed by atoms with Crippen molar-refractivity contribution >= 4 is 35.5 Å². The van der Waals surface area contributed by atoms with Crippen LogP contribution in [0.5, 0.6) is 11.5 Å². The number of ether oxygens (including phenoxy) is 2. The van der Waals surface area contributed by atoms with Gasteiger partial charge in [-0.15, -0.1) is 16.8 Å². The van der Waals surface area contributed by atoms with E-state index in [1.807, 2.05) is 0 Å². The van der Waals surface area contributed by atoms with Gasteiger partial charge in [-0.3, -0.25) is 14.4 Å². The maximum Gasteiger partial charge on any atom is 0.356 e. The molecule has 2 saturated heterocycles. The summed E-state index contributed by atoms with van der Waals surface area (Å²) in [4.78, 5) is 55.4. The second kappa shape index (κ2) is 6.45. The first-order valence-electron chi connectivity index (χ1n) is 8.24. The largest absolute Gasteiger partial charge is 0.493 e. The molecule has 0 saturated carbocycles. The molecule has 1 aromatic rings. The number of thioether (sulfide) groups is 1. The van der Waals surface area contributed by atoms with Crippen molar-refractivity contribution in [3.05, 3.63) is 23.3 Å². The summed E-state index contributed by atoms with van der Waals surface area (Å²) in [6.45, 7) is 0. The van der Waals surface area contributed by atoms with Gasteiger partial charge in [0.05, 0.1) is 19.8 Å². The van der Waals surface area contributed by atoms with Crippen molar-refractivity contribution in [3.8, 4) is 11.5 Å². The lowest BCUT2D eigenvalue weighted by molar-refractivity contribution is -0.200. The van der Waals surface area contributed by atoms with Gasteiger partial charge in [-0.25, -0.2) is 4.79 Å². The third kappa shape index (κ3) is 2.54. The van der Waals surface area contributed by atoms with Crippen LogP contribution >= 0.6 is 11.8 Å². The molecule has 0 radical (unpaired) electrons.